The summed E-state index contributed by atoms with van der Waals surface area (Å²) in [5.74, 6) is 0.809. The Hall–Kier alpha value is -3.55. The van der Waals surface area contributed by atoms with Gasteiger partial charge in [-0.2, -0.15) is 13.5 Å². The Bertz CT molecular complexity index is 1400. The first-order valence-corrected chi connectivity index (χ1v) is 11.9. The van der Waals surface area contributed by atoms with Crippen LogP contribution in [0.2, 0.25) is 5.02 Å². The van der Waals surface area contributed by atoms with Crippen LogP contribution < -0.4 is 14.3 Å². The third kappa shape index (κ3) is 5.27. The fourth-order valence-electron chi connectivity index (χ4n) is 3.35. The van der Waals surface area contributed by atoms with Gasteiger partial charge in [0.25, 0.3) is 10.0 Å². The van der Waals surface area contributed by atoms with Gasteiger partial charge in [-0.15, -0.1) is 0 Å². The molecule has 0 radical (unpaired) electrons. The van der Waals surface area contributed by atoms with Crippen molar-refractivity contribution in [2.75, 3.05) is 7.11 Å². The Morgan fingerprint density at radius 1 is 0.970 bits per heavy atom. The number of halogens is 1. The zero-order chi connectivity index (χ0) is 23.3. The van der Waals surface area contributed by atoms with E-state index in [2.05, 4.69) is 9.93 Å². The Morgan fingerprint density at radius 2 is 1.70 bits per heavy atom. The van der Waals surface area contributed by atoms with Crippen LogP contribution in [0, 0.1) is 0 Å². The summed E-state index contributed by atoms with van der Waals surface area (Å²) >= 11 is 6.46. The molecule has 0 amide bonds. The van der Waals surface area contributed by atoms with Crippen LogP contribution in [0.3, 0.4) is 0 Å². The van der Waals surface area contributed by atoms with Crippen molar-refractivity contribution in [2.24, 2.45) is 5.10 Å². The Balaban J connectivity index is 1.51. The number of hydrogen-bond acceptors (Lipinski definition) is 5. The van der Waals surface area contributed by atoms with Crippen molar-refractivity contribution in [2.45, 2.75) is 11.5 Å². The molecule has 0 bridgehead atoms. The number of hydrazone groups is 1. The van der Waals surface area contributed by atoms with E-state index in [-0.39, 0.29) is 4.90 Å². The molecule has 0 aliphatic heterocycles. The van der Waals surface area contributed by atoms with Gasteiger partial charge in [0.15, 0.2) is 11.5 Å². The largest absolute Gasteiger partial charge is 0.493 e. The van der Waals surface area contributed by atoms with Crippen LogP contribution in [0.5, 0.6) is 11.5 Å². The molecule has 0 saturated heterocycles. The van der Waals surface area contributed by atoms with Gasteiger partial charge in [0.05, 0.1) is 23.2 Å². The lowest BCUT2D eigenvalue weighted by Gasteiger charge is -2.14. The molecule has 0 atom stereocenters. The molecule has 0 aromatic heterocycles. The summed E-state index contributed by atoms with van der Waals surface area (Å²) in [6.45, 7) is 0.307. The summed E-state index contributed by atoms with van der Waals surface area (Å²) in [5, 5.41) is 6.39. The summed E-state index contributed by atoms with van der Waals surface area (Å²) in [4.78, 5) is 2.31. The Morgan fingerprint density at radius 3 is 2.48 bits per heavy atom. The van der Waals surface area contributed by atoms with Crippen LogP contribution in [0.4, 0.5) is 0 Å². The number of benzene rings is 4. The zero-order valence-corrected chi connectivity index (χ0v) is 19.3. The molecule has 0 unspecified atom stereocenters. The van der Waals surface area contributed by atoms with Crippen molar-refractivity contribution < 1.29 is 17.9 Å². The van der Waals surface area contributed by atoms with Gasteiger partial charge < -0.3 is 9.47 Å². The fourth-order valence-corrected chi connectivity index (χ4v) is 4.43. The van der Waals surface area contributed by atoms with Crippen LogP contribution in [0.15, 0.2) is 94.9 Å². The second kappa shape index (κ2) is 9.94. The molecule has 168 valence electrons. The van der Waals surface area contributed by atoms with Crippen molar-refractivity contribution in [3.63, 3.8) is 0 Å². The summed E-state index contributed by atoms with van der Waals surface area (Å²) in [5.41, 5.74) is 1.57. The molecule has 33 heavy (non-hydrogen) atoms. The Kier molecular flexibility index (Phi) is 6.82. The fraction of sp³-hybridized carbons (Fsp3) is 0.0800. The molecule has 8 heteroatoms. The van der Waals surface area contributed by atoms with Crippen LogP contribution in [0.25, 0.3) is 10.8 Å². The van der Waals surface area contributed by atoms with Gasteiger partial charge in [0.2, 0.25) is 0 Å². The normalized spacial score (nSPS) is 11.6. The molecule has 0 saturated carbocycles. The Labute approximate surface area is 197 Å². The lowest BCUT2D eigenvalue weighted by Crippen LogP contribution is -2.18. The van der Waals surface area contributed by atoms with E-state index in [0.717, 1.165) is 16.3 Å². The van der Waals surface area contributed by atoms with E-state index in [1.54, 1.807) is 30.3 Å². The number of rotatable bonds is 8. The minimum absolute atomic E-state index is 0.120. The second-order valence-corrected chi connectivity index (χ2v) is 9.20. The molecule has 6 nitrogen and oxygen atoms in total. The number of ether oxygens (including phenoxy) is 2. The lowest BCUT2D eigenvalue weighted by molar-refractivity contribution is 0.286. The SMILES string of the molecule is COc1cc(/C=N\NS(=O)(=O)c2ccccc2)cc(Cl)c1OCc1cccc2ccccc12. The maximum absolute atomic E-state index is 12.3. The quantitative estimate of drug-likeness (QED) is 0.271. The summed E-state index contributed by atoms with van der Waals surface area (Å²) in [7, 11) is -2.25. The third-order valence-electron chi connectivity index (χ3n) is 4.94. The molecule has 4 aromatic carbocycles. The molecular formula is C25H21ClN2O4S. The van der Waals surface area contributed by atoms with E-state index in [1.807, 2.05) is 42.5 Å². The van der Waals surface area contributed by atoms with E-state index in [0.29, 0.717) is 28.7 Å². The molecular weight excluding hydrogens is 460 g/mol. The maximum Gasteiger partial charge on any atom is 0.276 e. The molecule has 0 aliphatic carbocycles. The van der Waals surface area contributed by atoms with Gasteiger partial charge >= 0.3 is 0 Å². The minimum atomic E-state index is -3.76. The molecule has 0 fully saturated rings. The average Bonchev–Trinajstić information content (AvgIpc) is 2.83. The van der Waals surface area contributed by atoms with Crippen molar-refractivity contribution >= 4 is 38.6 Å². The third-order valence-corrected chi connectivity index (χ3v) is 6.46. The minimum Gasteiger partial charge on any atom is -0.493 e. The number of methoxy groups -OCH3 is 1. The van der Waals surface area contributed by atoms with Crippen molar-refractivity contribution in [3.8, 4) is 11.5 Å². The van der Waals surface area contributed by atoms with Gasteiger partial charge in [0, 0.05) is 0 Å². The number of nitrogens with one attached hydrogen (secondary N) is 1. The van der Waals surface area contributed by atoms with E-state index >= 15 is 0 Å². The highest BCUT2D eigenvalue weighted by Crippen LogP contribution is 2.37. The van der Waals surface area contributed by atoms with E-state index in [9.17, 15) is 8.42 Å². The van der Waals surface area contributed by atoms with Crippen molar-refractivity contribution in [1.82, 2.24) is 4.83 Å². The highest BCUT2D eigenvalue weighted by Gasteiger charge is 2.14. The van der Waals surface area contributed by atoms with Crippen molar-refractivity contribution in [1.29, 1.82) is 0 Å². The summed E-state index contributed by atoms with van der Waals surface area (Å²) in [6.07, 6.45) is 1.35. The van der Waals surface area contributed by atoms with Gasteiger partial charge in [-0.3, -0.25) is 0 Å². The van der Waals surface area contributed by atoms with Gasteiger partial charge in [-0.25, -0.2) is 4.83 Å². The van der Waals surface area contributed by atoms with Crippen LogP contribution in [0.1, 0.15) is 11.1 Å². The predicted molar refractivity (Wildman–Crippen MR) is 131 cm³/mol. The summed E-state index contributed by atoms with van der Waals surface area (Å²) < 4.78 is 36.0. The number of nitrogens with zero attached hydrogens (tertiary/aromatic N) is 1. The summed E-state index contributed by atoms with van der Waals surface area (Å²) in [6, 6.07) is 25.4. The maximum atomic E-state index is 12.3. The molecule has 4 rings (SSSR count). The lowest BCUT2D eigenvalue weighted by atomic mass is 10.1. The van der Waals surface area contributed by atoms with E-state index < -0.39 is 10.0 Å². The number of hydrogen-bond donors (Lipinski definition) is 1. The van der Waals surface area contributed by atoms with E-state index in [1.165, 1.54) is 25.5 Å². The first-order chi connectivity index (χ1) is 16.0. The van der Waals surface area contributed by atoms with Crippen LogP contribution in [-0.2, 0) is 16.6 Å². The second-order valence-electron chi connectivity index (χ2n) is 7.13. The number of sulfonamides is 1. The standard InChI is InChI=1S/C25H21ClN2O4S/c1-31-24-15-18(16-27-28-33(29,30)21-11-3-2-4-12-21)14-23(26)25(24)32-17-20-10-7-9-19-8-5-6-13-22(19)20/h2-16,28H,17H2,1H3/b27-16-. The highest BCUT2D eigenvalue weighted by atomic mass is 35.5. The van der Waals surface area contributed by atoms with Crippen molar-refractivity contribution in [3.05, 3.63) is 101 Å². The smallest absolute Gasteiger partial charge is 0.276 e. The first kappa shape index (κ1) is 22.6. The molecule has 1 N–H and O–H groups in total. The molecule has 4 aromatic rings. The van der Waals surface area contributed by atoms with Crippen LogP contribution >= 0.6 is 11.6 Å². The zero-order valence-electron chi connectivity index (χ0n) is 17.7. The van der Waals surface area contributed by atoms with Crippen LogP contribution in [-0.4, -0.2) is 21.7 Å². The molecule has 0 spiro atoms. The molecule has 0 heterocycles. The first-order valence-electron chi connectivity index (χ1n) is 10.0. The van der Waals surface area contributed by atoms with Gasteiger partial charge in [-0.05, 0) is 46.2 Å². The molecule has 0 aliphatic rings. The highest BCUT2D eigenvalue weighted by molar-refractivity contribution is 7.89. The van der Waals surface area contributed by atoms with Gasteiger partial charge in [0.1, 0.15) is 6.61 Å². The van der Waals surface area contributed by atoms with E-state index in [4.69, 9.17) is 21.1 Å². The van der Waals surface area contributed by atoms with Gasteiger partial charge in [-0.1, -0.05) is 72.3 Å². The number of fused-ring (bicyclic) bond motifs is 1. The topological polar surface area (TPSA) is 77.0 Å². The average molecular weight is 481 g/mol. The monoisotopic (exact) mass is 480 g/mol. The predicted octanol–water partition coefficient (Wildman–Crippen LogP) is 5.39.